The molecule has 1 amide bonds. The SMILES string of the molecule is NC1(C(=O)N(CCO)C2CCC2)CCOCC1. The van der Waals surface area contributed by atoms with Crippen molar-refractivity contribution >= 4 is 5.91 Å². The minimum Gasteiger partial charge on any atom is -0.395 e. The normalized spacial score (nSPS) is 24.1. The molecule has 0 radical (unpaired) electrons. The Morgan fingerprint density at radius 1 is 1.41 bits per heavy atom. The summed E-state index contributed by atoms with van der Waals surface area (Å²) in [4.78, 5) is 14.3. The van der Waals surface area contributed by atoms with Crippen LogP contribution in [0.15, 0.2) is 0 Å². The Morgan fingerprint density at radius 3 is 2.53 bits per heavy atom. The molecule has 2 aliphatic rings. The van der Waals surface area contributed by atoms with E-state index >= 15 is 0 Å². The fourth-order valence-corrected chi connectivity index (χ4v) is 2.49. The second-order valence-electron chi connectivity index (χ2n) is 5.08. The van der Waals surface area contributed by atoms with Crippen LogP contribution in [0.25, 0.3) is 0 Å². The minimum absolute atomic E-state index is 0.000417. The van der Waals surface area contributed by atoms with Crippen molar-refractivity contribution in [2.75, 3.05) is 26.4 Å². The second kappa shape index (κ2) is 5.33. The molecule has 1 aliphatic carbocycles. The summed E-state index contributed by atoms with van der Waals surface area (Å²) in [7, 11) is 0. The Kier molecular flexibility index (Phi) is 4.01. The van der Waals surface area contributed by atoms with Gasteiger partial charge in [-0.05, 0) is 32.1 Å². The molecule has 2 fully saturated rings. The van der Waals surface area contributed by atoms with Gasteiger partial charge in [-0.3, -0.25) is 4.79 Å². The fraction of sp³-hybridized carbons (Fsp3) is 0.917. The maximum Gasteiger partial charge on any atom is 0.243 e. The van der Waals surface area contributed by atoms with E-state index in [1.165, 1.54) is 6.42 Å². The van der Waals surface area contributed by atoms with Crippen LogP contribution in [0.5, 0.6) is 0 Å². The van der Waals surface area contributed by atoms with Crippen molar-refractivity contribution in [1.82, 2.24) is 4.90 Å². The number of rotatable bonds is 4. The number of hydrogen-bond donors (Lipinski definition) is 2. The standard InChI is InChI=1S/C12H22N2O3/c13-12(4-8-17-9-5-12)11(16)14(6-7-15)10-2-1-3-10/h10,15H,1-9,13H2. The predicted molar refractivity (Wildman–Crippen MR) is 63.4 cm³/mol. The highest BCUT2D eigenvalue weighted by atomic mass is 16.5. The van der Waals surface area contributed by atoms with E-state index in [4.69, 9.17) is 15.6 Å². The summed E-state index contributed by atoms with van der Waals surface area (Å²) < 4.78 is 5.26. The molecule has 0 atom stereocenters. The number of carbonyl (C=O) groups excluding carboxylic acids is 1. The van der Waals surface area contributed by atoms with Gasteiger partial charge in [0.15, 0.2) is 0 Å². The molecule has 98 valence electrons. The summed E-state index contributed by atoms with van der Waals surface area (Å²) in [5.74, 6) is -0.000417. The molecule has 3 N–H and O–H groups in total. The van der Waals surface area contributed by atoms with Crippen LogP contribution in [0.2, 0.25) is 0 Å². The van der Waals surface area contributed by atoms with E-state index < -0.39 is 5.54 Å². The zero-order valence-electron chi connectivity index (χ0n) is 10.2. The zero-order chi connectivity index (χ0) is 12.3. The highest BCUT2D eigenvalue weighted by Crippen LogP contribution is 2.28. The smallest absolute Gasteiger partial charge is 0.243 e. The number of aliphatic hydroxyl groups is 1. The Bertz CT molecular complexity index is 273. The van der Waals surface area contributed by atoms with Crippen molar-refractivity contribution in [2.24, 2.45) is 5.73 Å². The molecule has 1 aliphatic heterocycles. The van der Waals surface area contributed by atoms with Gasteiger partial charge in [0.2, 0.25) is 5.91 Å². The Morgan fingerprint density at radius 2 is 2.06 bits per heavy atom. The van der Waals surface area contributed by atoms with E-state index in [9.17, 15) is 4.79 Å². The number of carbonyl (C=O) groups is 1. The predicted octanol–water partition coefficient (Wildman–Crippen LogP) is -0.132. The van der Waals surface area contributed by atoms with E-state index in [1.807, 2.05) is 0 Å². The van der Waals surface area contributed by atoms with Gasteiger partial charge in [0, 0.05) is 25.8 Å². The van der Waals surface area contributed by atoms with E-state index in [0.29, 0.717) is 32.6 Å². The van der Waals surface area contributed by atoms with Crippen LogP contribution >= 0.6 is 0 Å². The molecule has 17 heavy (non-hydrogen) atoms. The Hall–Kier alpha value is -0.650. The average molecular weight is 242 g/mol. The average Bonchev–Trinajstić information content (AvgIpc) is 2.26. The first-order chi connectivity index (χ1) is 8.17. The molecule has 0 unspecified atom stereocenters. The monoisotopic (exact) mass is 242 g/mol. The first kappa shape index (κ1) is 12.8. The lowest BCUT2D eigenvalue weighted by Gasteiger charge is -2.43. The second-order valence-corrected chi connectivity index (χ2v) is 5.08. The maximum atomic E-state index is 12.5. The quantitative estimate of drug-likeness (QED) is 0.720. The number of nitrogens with zero attached hydrogens (tertiary/aromatic N) is 1. The van der Waals surface area contributed by atoms with Gasteiger partial charge >= 0.3 is 0 Å². The molecule has 1 heterocycles. The zero-order valence-corrected chi connectivity index (χ0v) is 10.2. The molecule has 0 bridgehead atoms. The Labute approximate surface area is 102 Å². The van der Waals surface area contributed by atoms with Gasteiger partial charge < -0.3 is 20.5 Å². The lowest BCUT2D eigenvalue weighted by atomic mass is 9.85. The largest absolute Gasteiger partial charge is 0.395 e. The van der Waals surface area contributed by atoms with Crippen molar-refractivity contribution in [3.63, 3.8) is 0 Å². The van der Waals surface area contributed by atoms with Gasteiger partial charge in [0.05, 0.1) is 12.1 Å². The summed E-state index contributed by atoms with van der Waals surface area (Å²) in [6.07, 6.45) is 4.41. The van der Waals surface area contributed by atoms with Crippen LogP contribution in [0.3, 0.4) is 0 Å². The van der Waals surface area contributed by atoms with E-state index in [1.54, 1.807) is 4.90 Å². The molecule has 1 saturated heterocycles. The topological polar surface area (TPSA) is 75.8 Å². The van der Waals surface area contributed by atoms with E-state index in [0.717, 1.165) is 12.8 Å². The van der Waals surface area contributed by atoms with Gasteiger partial charge in [-0.25, -0.2) is 0 Å². The molecular formula is C12H22N2O3. The summed E-state index contributed by atoms with van der Waals surface area (Å²) in [5, 5.41) is 9.08. The molecule has 2 rings (SSSR count). The van der Waals surface area contributed by atoms with Gasteiger partial charge in [0.1, 0.15) is 0 Å². The van der Waals surface area contributed by atoms with Crippen molar-refractivity contribution in [1.29, 1.82) is 0 Å². The number of hydrogen-bond acceptors (Lipinski definition) is 4. The minimum atomic E-state index is -0.775. The van der Waals surface area contributed by atoms with Crippen LogP contribution in [-0.4, -0.2) is 53.9 Å². The van der Waals surface area contributed by atoms with Crippen molar-refractivity contribution in [3.05, 3.63) is 0 Å². The van der Waals surface area contributed by atoms with Crippen LogP contribution < -0.4 is 5.73 Å². The molecule has 0 aromatic carbocycles. The first-order valence-electron chi connectivity index (χ1n) is 6.46. The van der Waals surface area contributed by atoms with Crippen molar-refractivity contribution in [2.45, 2.75) is 43.7 Å². The third-order valence-corrected chi connectivity index (χ3v) is 3.93. The lowest BCUT2D eigenvalue weighted by Crippen LogP contribution is -2.61. The molecule has 5 nitrogen and oxygen atoms in total. The molecule has 1 saturated carbocycles. The summed E-state index contributed by atoms with van der Waals surface area (Å²) in [5.41, 5.74) is 5.42. The molecule has 0 aromatic heterocycles. The van der Waals surface area contributed by atoms with Gasteiger partial charge in [-0.1, -0.05) is 0 Å². The first-order valence-corrected chi connectivity index (χ1v) is 6.46. The van der Waals surface area contributed by atoms with Gasteiger partial charge in [-0.2, -0.15) is 0 Å². The van der Waals surface area contributed by atoms with Gasteiger partial charge in [-0.15, -0.1) is 0 Å². The van der Waals surface area contributed by atoms with Crippen LogP contribution in [0.1, 0.15) is 32.1 Å². The number of aliphatic hydroxyl groups excluding tert-OH is 1. The number of nitrogens with two attached hydrogens (primary N) is 1. The highest BCUT2D eigenvalue weighted by molar-refractivity contribution is 5.86. The van der Waals surface area contributed by atoms with Crippen LogP contribution in [-0.2, 0) is 9.53 Å². The van der Waals surface area contributed by atoms with E-state index in [-0.39, 0.29) is 18.6 Å². The summed E-state index contributed by atoms with van der Waals surface area (Å²) in [6.45, 7) is 1.53. The van der Waals surface area contributed by atoms with Crippen LogP contribution in [0.4, 0.5) is 0 Å². The molecule has 0 spiro atoms. The fourth-order valence-electron chi connectivity index (χ4n) is 2.49. The summed E-state index contributed by atoms with van der Waals surface area (Å²) >= 11 is 0. The van der Waals surface area contributed by atoms with E-state index in [2.05, 4.69) is 0 Å². The molecule has 0 aromatic rings. The highest BCUT2D eigenvalue weighted by Gasteiger charge is 2.41. The van der Waals surface area contributed by atoms with Crippen molar-refractivity contribution in [3.8, 4) is 0 Å². The molecular weight excluding hydrogens is 220 g/mol. The van der Waals surface area contributed by atoms with Crippen LogP contribution in [0, 0.1) is 0 Å². The third-order valence-electron chi connectivity index (χ3n) is 3.93. The lowest BCUT2D eigenvalue weighted by molar-refractivity contribution is -0.145. The van der Waals surface area contributed by atoms with Gasteiger partial charge in [0.25, 0.3) is 0 Å². The van der Waals surface area contributed by atoms with Crippen molar-refractivity contribution < 1.29 is 14.6 Å². The number of amides is 1. The summed E-state index contributed by atoms with van der Waals surface area (Å²) in [6, 6.07) is 0.290. The third kappa shape index (κ3) is 2.61. The molecule has 5 heteroatoms. The number of ether oxygens (including phenoxy) is 1. The Balaban J connectivity index is 2.03. The maximum absolute atomic E-state index is 12.5.